The summed E-state index contributed by atoms with van der Waals surface area (Å²) in [6.07, 6.45) is 4.24. The number of carbonyl (C=O) groups excluding carboxylic acids is 1. The molecule has 0 radical (unpaired) electrons. The molecular formula is C17H23N3O. The van der Waals surface area contributed by atoms with E-state index in [2.05, 4.69) is 35.3 Å². The predicted octanol–water partition coefficient (Wildman–Crippen LogP) is 3.02. The zero-order valence-electron chi connectivity index (χ0n) is 12.9. The molecule has 1 saturated heterocycles. The van der Waals surface area contributed by atoms with Gasteiger partial charge in [-0.1, -0.05) is 0 Å². The maximum atomic E-state index is 12.5. The van der Waals surface area contributed by atoms with Crippen LogP contribution in [0, 0.1) is 0 Å². The molecule has 0 spiro atoms. The lowest BCUT2D eigenvalue weighted by Gasteiger charge is -2.21. The van der Waals surface area contributed by atoms with Gasteiger partial charge in [-0.2, -0.15) is 0 Å². The van der Waals surface area contributed by atoms with Crippen molar-refractivity contribution >= 4 is 17.2 Å². The minimum atomic E-state index is 0.161. The van der Waals surface area contributed by atoms with Gasteiger partial charge in [-0.25, -0.2) is 0 Å². The Morgan fingerprint density at radius 2 is 1.76 bits per heavy atom. The zero-order valence-corrected chi connectivity index (χ0v) is 12.9. The summed E-state index contributed by atoms with van der Waals surface area (Å²) in [4.78, 5) is 16.8. The van der Waals surface area contributed by atoms with Crippen molar-refractivity contribution in [1.82, 2.24) is 9.30 Å². The number of rotatable bonds is 4. The number of pyridine rings is 1. The van der Waals surface area contributed by atoms with E-state index in [0.29, 0.717) is 0 Å². The maximum absolute atomic E-state index is 12.5. The number of anilines is 1. The molecule has 112 valence electrons. The summed E-state index contributed by atoms with van der Waals surface area (Å²) in [7, 11) is 0. The number of carbonyl (C=O) groups is 1. The largest absolute Gasteiger partial charge is 0.358 e. The Balaban J connectivity index is 1.98. The van der Waals surface area contributed by atoms with Crippen molar-refractivity contribution in [3.63, 3.8) is 0 Å². The lowest BCUT2D eigenvalue weighted by atomic mass is 10.2. The minimum Gasteiger partial charge on any atom is -0.358 e. The van der Waals surface area contributed by atoms with Crippen molar-refractivity contribution in [3.8, 4) is 0 Å². The molecule has 0 aromatic carbocycles. The molecule has 1 aliphatic rings. The highest BCUT2D eigenvalue weighted by Crippen LogP contribution is 2.21. The van der Waals surface area contributed by atoms with Crippen molar-refractivity contribution in [3.05, 3.63) is 36.0 Å². The normalized spacial score (nSPS) is 14.9. The van der Waals surface area contributed by atoms with Crippen molar-refractivity contribution in [2.75, 3.05) is 31.1 Å². The second kappa shape index (κ2) is 5.80. The Hall–Kier alpha value is -1.97. The Morgan fingerprint density at radius 3 is 2.43 bits per heavy atom. The molecule has 4 nitrogen and oxygen atoms in total. The van der Waals surface area contributed by atoms with Crippen LogP contribution in [0.15, 0.2) is 30.5 Å². The number of amides is 1. The molecule has 0 saturated carbocycles. The van der Waals surface area contributed by atoms with Gasteiger partial charge in [0.15, 0.2) is 0 Å². The van der Waals surface area contributed by atoms with Crippen molar-refractivity contribution in [2.45, 2.75) is 26.7 Å². The summed E-state index contributed by atoms with van der Waals surface area (Å²) in [5.41, 5.74) is 1.92. The summed E-state index contributed by atoms with van der Waals surface area (Å²) in [6, 6.07) is 8.22. The van der Waals surface area contributed by atoms with Crippen LogP contribution < -0.4 is 4.90 Å². The van der Waals surface area contributed by atoms with Crippen molar-refractivity contribution in [1.29, 1.82) is 0 Å². The predicted molar refractivity (Wildman–Crippen MR) is 86.1 cm³/mol. The van der Waals surface area contributed by atoms with Crippen LogP contribution >= 0.6 is 0 Å². The summed E-state index contributed by atoms with van der Waals surface area (Å²) >= 11 is 0. The fourth-order valence-corrected chi connectivity index (χ4v) is 3.12. The van der Waals surface area contributed by atoms with Gasteiger partial charge >= 0.3 is 0 Å². The molecule has 0 bridgehead atoms. The zero-order chi connectivity index (χ0) is 14.8. The highest BCUT2D eigenvalue weighted by atomic mass is 16.2. The van der Waals surface area contributed by atoms with Crippen LogP contribution in [0.4, 0.5) is 5.82 Å². The highest BCUT2D eigenvalue weighted by Gasteiger charge is 2.20. The third-order valence-electron chi connectivity index (χ3n) is 4.36. The smallest absolute Gasteiger partial charge is 0.255 e. The van der Waals surface area contributed by atoms with Crippen molar-refractivity contribution < 1.29 is 4.79 Å². The number of nitrogens with zero attached hydrogens (tertiary/aromatic N) is 3. The van der Waals surface area contributed by atoms with E-state index in [0.717, 1.165) is 55.9 Å². The fraction of sp³-hybridized carbons (Fsp3) is 0.471. The quantitative estimate of drug-likeness (QED) is 0.863. The molecule has 0 N–H and O–H groups in total. The Morgan fingerprint density at radius 1 is 1.10 bits per heavy atom. The first-order valence-corrected chi connectivity index (χ1v) is 7.90. The molecular weight excluding hydrogens is 262 g/mol. The Bertz CT molecular complexity index is 637. The molecule has 0 atom stereocenters. The number of hydrogen-bond donors (Lipinski definition) is 0. The van der Waals surface area contributed by atoms with E-state index < -0.39 is 0 Å². The van der Waals surface area contributed by atoms with Gasteiger partial charge in [0.25, 0.3) is 5.91 Å². The first kappa shape index (κ1) is 14.0. The third-order valence-corrected chi connectivity index (χ3v) is 4.36. The molecule has 1 aliphatic heterocycles. The average Bonchev–Trinajstić information content (AvgIpc) is 3.17. The standard InChI is InChI=1S/C17H23N3O/c1-3-18(4-2)16-10-9-15-8-7-14(13-20(15)16)17(21)19-11-5-6-12-19/h7-10,13H,3-6,11-12H2,1-2H3. The number of likely N-dealkylation sites (tertiary alicyclic amines) is 1. The van der Waals surface area contributed by atoms with E-state index >= 15 is 0 Å². The second-order valence-electron chi connectivity index (χ2n) is 5.58. The molecule has 0 unspecified atom stereocenters. The van der Waals surface area contributed by atoms with Gasteiger partial charge in [0.1, 0.15) is 5.82 Å². The molecule has 0 aliphatic carbocycles. The Labute approximate surface area is 126 Å². The lowest BCUT2D eigenvalue weighted by Crippen LogP contribution is -2.28. The maximum Gasteiger partial charge on any atom is 0.255 e. The van der Waals surface area contributed by atoms with E-state index in [1.165, 1.54) is 0 Å². The van der Waals surface area contributed by atoms with E-state index in [1.54, 1.807) is 0 Å². The molecule has 2 aromatic heterocycles. The first-order chi connectivity index (χ1) is 10.2. The van der Waals surface area contributed by atoms with Crippen LogP contribution in [0.3, 0.4) is 0 Å². The number of aromatic nitrogens is 1. The third kappa shape index (κ3) is 2.50. The molecule has 21 heavy (non-hydrogen) atoms. The first-order valence-electron chi connectivity index (χ1n) is 7.90. The second-order valence-corrected chi connectivity index (χ2v) is 5.58. The minimum absolute atomic E-state index is 0.161. The van der Waals surface area contributed by atoms with Crippen LogP contribution in [0.1, 0.15) is 37.0 Å². The van der Waals surface area contributed by atoms with E-state index in [9.17, 15) is 4.79 Å². The SMILES string of the molecule is CCN(CC)c1ccc2ccc(C(=O)N3CCCC3)cn12. The van der Waals surface area contributed by atoms with Crippen LogP contribution in [-0.4, -0.2) is 41.4 Å². The summed E-state index contributed by atoms with van der Waals surface area (Å²) in [6.45, 7) is 8.03. The molecule has 4 heteroatoms. The van der Waals surface area contributed by atoms with E-state index in [-0.39, 0.29) is 5.91 Å². The molecule has 3 rings (SSSR count). The summed E-state index contributed by atoms with van der Waals surface area (Å²) in [5.74, 6) is 1.32. The number of fused-ring (bicyclic) bond motifs is 1. The van der Waals surface area contributed by atoms with Gasteiger partial charge in [-0.05, 0) is 51.0 Å². The Kier molecular flexibility index (Phi) is 3.86. The van der Waals surface area contributed by atoms with Gasteiger partial charge in [0, 0.05) is 37.9 Å². The van der Waals surface area contributed by atoms with Crippen LogP contribution in [0.2, 0.25) is 0 Å². The summed E-state index contributed by atoms with van der Waals surface area (Å²) < 4.78 is 2.14. The monoisotopic (exact) mass is 285 g/mol. The van der Waals surface area contributed by atoms with E-state index in [4.69, 9.17) is 0 Å². The van der Waals surface area contributed by atoms with Gasteiger partial charge in [0.2, 0.25) is 0 Å². The van der Waals surface area contributed by atoms with Gasteiger partial charge in [-0.3, -0.25) is 4.79 Å². The van der Waals surface area contributed by atoms with Crippen LogP contribution in [0.25, 0.3) is 5.52 Å². The fourth-order valence-electron chi connectivity index (χ4n) is 3.12. The molecule has 1 amide bonds. The van der Waals surface area contributed by atoms with E-state index in [1.807, 2.05) is 23.2 Å². The lowest BCUT2D eigenvalue weighted by molar-refractivity contribution is 0.0792. The molecule has 1 fully saturated rings. The topological polar surface area (TPSA) is 28.0 Å². The average molecular weight is 285 g/mol. The van der Waals surface area contributed by atoms with Crippen molar-refractivity contribution in [2.24, 2.45) is 0 Å². The van der Waals surface area contributed by atoms with Crippen LogP contribution in [-0.2, 0) is 0 Å². The van der Waals surface area contributed by atoms with Crippen LogP contribution in [0.5, 0.6) is 0 Å². The van der Waals surface area contributed by atoms with Gasteiger partial charge in [0.05, 0.1) is 5.56 Å². The molecule has 2 aromatic rings. The summed E-state index contributed by atoms with van der Waals surface area (Å²) in [5, 5.41) is 0. The number of hydrogen-bond acceptors (Lipinski definition) is 2. The van der Waals surface area contributed by atoms with Gasteiger partial charge in [-0.15, -0.1) is 0 Å². The van der Waals surface area contributed by atoms with Gasteiger partial charge < -0.3 is 14.2 Å². The highest BCUT2D eigenvalue weighted by molar-refractivity contribution is 5.94. The molecule has 3 heterocycles.